The lowest BCUT2D eigenvalue weighted by molar-refractivity contribution is -0.445. The average Bonchev–Trinajstić information content (AvgIpc) is 3.39. The second-order valence-electron chi connectivity index (χ2n) is 5.90. The van der Waals surface area contributed by atoms with E-state index >= 15 is 0 Å². The predicted octanol–water partition coefficient (Wildman–Crippen LogP) is 7.17. The third-order valence-corrected chi connectivity index (χ3v) is 4.07. The van der Waals surface area contributed by atoms with E-state index in [1.165, 1.54) is 0 Å². The van der Waals surface area contributed by atoms with Gasteiger partial charge in [-0.2, -0.15) is 0 Å². The Balaban J connectivity index is 0. The number of aryl methyl sites for hydroxylation is 1. The molecule has 4 rings (SSSR count). The summed E-state index contributed by atoms with van der Waals surface area (Å²) in [6.07, 6.45) is 1.86. The Morgan fingerprint density at radius 1 is 0.743 bits per heavy atom. The summed E-state index contributed by atoms with van der Waals surface area (Å²) in [5.74, 6) is -1.19. The van der Waals surface area contributed by atoms with E-state index in [1.807, 2.05) is 116 Å². The third-order valence-electron chi connectivity index (χ3n) is 4.07. The predicted molar refractivity (Wildman–Crippen MR) is 146 cm³/mol. The number of carbonyl (C=O) groups is 2. The number of nitro groups is 1. The molecule has 0 amide bonds. The van der Waals surface area contributed by atoms with Gasteiger partial charge >= 0.3 is 11.9 Å². The first-order chi connectivity index (χ1) is 16.9. The van der Waals surface area contributed by atoms with Crippen LogP contribution in [0.2, 0.25) is 0 Å². The maximum absolute atomic E-state index is 12.3. The quantitative estimate of drug-likeness (QED) is 0.166. The molecule has 1 aliphatic rings. The van der Waals surface area contributed by atoms with Crippen LogP contribution in [0.25, 0.3) is 22.0 Å². The number of ether oxygens (including phenoxy) is 1. The lowest BCUT2D eigenvalue weighted by Gasteiger charge is -2.02. The number of esters is 2. The highest BCUT2D eigenvalue weighted by atomic mass is 16.6. The summed E-state index contributed by atoms with van der Waals surface area (Å²) in [5.41, 5.74) is 3.06. The molecule has 0 aliphatic carbocycles. The van der Waals surface area contributed by atoms with E-state index in [4.69, 9.17) is 14.9 Å². The van der Waals surface area contributed by atoms with Crippen LogP contribution in [-0.4, -0.2) is 28.5 Å². The Hall–Kier alpha value is -3.74. The molecule has 0 fully saturated rings. The molecular weight excluding hydrogens is 444 g/mol. The smallest absolute Gasteiger partial charge is 0.347 e. The van der Waals surface area contributed by atoms with Gasteiger partial charge in [0.1, 0.15) is 0 Å². The minimum atomic E-state index is -0.593. The third kappa shape index (κ3) is 9.20. The van der Waals surface area contributed by atoms with Crippen LogP contribution in [0.15, 0.2) is 60.8 Å². The maximum Gasteiger partial charge on any atom is 0.347 e. The fraction of sp³-hybridized carbons (Fsp3) is 0.357. The fourth-order valence-corrected chi connectivity index (χ4v) is 3.04. The summed E-state index contributed by atoms with van der Waals surface area (Å²) in [5, 5.41) is 9.73. The Morgan fingerprint density at radius 3 is 1.69 bits per heavy atom. The minimum Gasteiger partial charge on any atom is -0.386 e. The molecule has 0 N–H and O–H groups in total. The van der Waals surface area contributed by atoms with E-state index in [-0.39, 0.29) is 0 Å². The number of rotatable bonds is 2. The maximum atomic E-state index is 12.3. The number of hydrogen-bond acceptors (Lipinski definition) is 5. The van der Waals surface area contributed by atoms with Gasteiger partial charge < -0.3 is 9.30 Å². The van der Waals surface area contributed by atoms with Gasteiger partial charge in [-0.05, 0) is 11.6 Å². The molecule has 0 atom stereocenters. The molecule has 0 saturated heterocycles. The van der Waals surface area contributed by atoms with Crippen molar-refractivity contribution in [2.45, 2.75) is 55.4 Å². The number of nitrogens with zero attached hydrogens (tertiary/aromatic N) is 2. The van der Waals surface area contributed by atoms with Crippen LogP contribution in [0.3, 0.4) is 0 Å². The van der Waals surface area contributed by atoms with Crippen molar-refractivity contribution < 1.29 is 19.2 Å². The van der Waals surface area contributed by atoms with Gasteiger partial charge in [-0.3, -0.25) is 10.1 Å². The van der Waals surface area contributed by atoms with Crippen LogP contribution in [0, 0.1) is 10.1 Å². The zero-order valence-corrected chi connectivity index (χ0v) is 22.7. The van der Waals surface area contributed by atoms with E-state index in [9.17, 15) is 9.59 Å². The van der Waals surface area contributed by atoms with Crippen LogP contribution in [0.4, 0.5) is 0 Å². The van der Waals surface area contributed by atoms with Crippen molar-refractivity contribution in [1.82, 2.24) is 4.57 Å². The molecular formula is C28H40N2O5. The first-order valence-corrected chi connectivity index (χ1v) is 12.1. The number of hydrogen-bond donors (Lipinski definition) is 0. The Kier molecular flexibility index (Phi) is 17.8. The molecule has 7 nitrogen and oxygen atoms in total. The van der Waals surface area contributed by atoms with Crippen molar-refractivity contribution in [2.75, 3.05) is 7.05 Å². The molecule has 192 valence electrons. The van der Waals surface area contributed by atoms with E-state index in [0.29, 0.717) is 16.7 Å². The minimum absolute atomic E-state index is 0.326. The summed E-state index contributed by atoms with van der Waals surface area (Å²) in [6.45, 7) is 16.0. The highest BCUT2D eigenvalue weighted by Crippen LogP contribution is 2.37. The lowest BCUT2D eigenvalue weighted by Crippen LogP contribution is -2.01. The standard InChI is InChI=1S/C19H13NO3.4C2H6.CH3NO2/c1-20-11-14(13-9-5-6-10-15(13)20)17-16(18(21)23-19(17)22)12-7-3-2-4-8-12;4*1-2;1-2(3)4/h2-11H,1H3;4*1-2H3;1H3. The van der Waals surface area contributed by atoms with Crippen LogP contribution < -0.4 is 0 Å². The summed E-state index contributed by atoms with van der Waals surface area (Å²) < 4.78 is 6.83. The molecule has 0 spiro atoms. The van der Waals surface area contributed by atoms with Crippen LogP contribution in [-0.2, 0) is 21.4 Å². The first kappa shape index (κ1) is 33.4. The highest BCUT2D eigenvalue weighted by molar-refractivity contribution is 6.45. The van der Waals surface area contributed by atoms with Gasteiger partial charge in [-0.1, -0.05) is 104 Å². The normalized spacial score (nSPS) is 11.0. The summed E-state index contributed by atoms with van der Waals surface area (Å²) in [4.78, 5) is 32.8. The monoisotopic (exact) mass is 484 g/mol. The average molecular weight is 485 g/mol. The molecule has 0 unspecified atom stereocenters. The topological polar surface area (TPSA) is 91.4 Å². The van der Waals surface area contributed by atoms with E-state index in [1.54, 1.807) is 12.1 Å². The van der Waals surface area contributed by atoms with Crippen LogP contribution in [0.1, 0.15) is 66.5 Å². The number of benzene rings is 2. The Labute approximate surface area is 209 Å². The molecule has 2 aromatic carbocycles. The van der Waals surface area contributed by atoms with Gasteiger partial charge in [0.05, 0.1) is 11.1 Å². The van der Waals surface area contributed by atoms with Crippen molar-refractivity contribution in [3.05, 3.63) is 82.0 Å². The molecule has 0 radical (unpaired) electrons. The van der Waals surface area contributed by atoms with Gasteiger partial charge in [0.25, 0.3) is 0 Å². The molecule has 2 heterocycles. The second kappa shape index (κ2) is 18.7. The van der Waals surface area contributed by atoms with Gasteiger partial charge in [0.15, 0.2) is 7.05 Å². The lowest BCUT2D eigenvalue weighted by atomic mass is 9.96. The molecule has 1 aromatic heterocycles. The van der Waals surface area contributed by atoms with Crippen LogP contribution >= 0.6 is 0 Å². The van der Waals surface area contributed by atoms with Gasteiger partial charge in [-0.15, -0.1) is 0 Å². The van der Waals surface area contributed by atoms with E-state index in [2.05, 4.69) is 0 Å². The number of carbonyl (C=O) groups excluding carboxylic acids is 2. The second-order valence-corrected chi connectivity index (χ2v) is 5.90. The van der Waals surface area contributed by atoms with Crippen molar-refractivity contribution in [3.8, 4) is 0 Å². The highest BCUT2D eigenvalue weighted by Gasteiger charge is 2.36. The zero-order chi connectivity index (χ0) is 27.6. The molecule has 3 aromatic rings. The van der Waals surface area contributed by atoms with E-state index in [0.717, 1.165) is 23.5 Å². The van der Waals surface area contributed by atoms with E-state index < -0.39 is 16.9 Å². The fourth-order valence-electron chi connectivity index (χ4n) is 3.04. The Bertz CT molecular complexity index is 1080. The van der Waals surface area contributed by atoms with Gasteiger partial charge in [-0.25, -0.2) is 9.59 Å². The first-order valence-electron chi connectivity index (χ1n) is 12.1. The van der Waals surface area contributed by atoms with Crippen molar-refractivity contribution in [3.63, 3.8) is 0 Å². The molecule has 35 heavy (non-hydrogen) atoms. The van der Waals surface area contributed by atoms with Crippen molar-refractivity contribution >= 4 is 34.0 Å². The Morgan fingerprint density at radius 2 is 1.17 bits per heavy atom. The zero-order valence-electron chi connectivity index (χ0n) is 22.7. The van der Waals surface area contributed by atoms with Gasteiger partial charge in [0, 0.05) is 34.6 Å². The number of aromatic nitrogens is 1. The largest absolute Gasteiger partial charge is 0.386 e. The summed E-state index contributed by atoms with van der Waals surface area (Å²) in [7, 11) is 2.80. The van der Waals surface area contributed by atoms with Crippen molar-refractivity contribution in [2.24, 2.45) is 7.05 Å². The molecule has 7 heteroatoms. The van der Waals surface area contributed by atoms with Crippen LogP contribution in [0.5, 0.6) is 0 Å². The SMILES string of the molecule is CC.CC.CC.CC.C[N+](=O)[O-].Cn1cc(C2=C(c3ccccc3)C(=O)OC2=O)c2ccccc21. The molecule has 0 bridgehead atoms. The molecule has 0 saturated carbocycles. The van der Waals surface area contributed by atoms with Gasteiger partial charge in [0.2, 0.25) is 0 Å². The van der Waals surface area contributed by atoms with Crippen molar-refractivity contribution in [1.29, 1.82) is 0 Å². The number of para-hydroxylation sites is 1. The summed E-state index contributed by atoms with van der Waals surface area (Å²) >= 11 is 0. The molecule has 1 aliphatic heterocycles. The number of fused-ring (bicyclic) bond motifs is 1. The number of cyclic esters (lactones) is 2. The summed E-state index contributed by atoms with van der Waals surface area (Å²) in [6, 6.07) is 16.9.